The van der Waals surface area contributed by atoms with Crippen molar-refractivity contribution in [1.82, 2.24) is 5.32 Å². The number of rotatable bonds is 8. The lowest BCUT2D eigenvalue weighted by atomic mass is 9.84. The van der Waals surface area contributed by atoms with Crippen LogP contribution in [-0.2, 0) is 12.2 Å². The van der Waals surface area contributed by atoms with E-state index in [-0.39, 0.29) is 5.41 Å². The van der Waals surface area contributed by atoms with Gasteiger partial charge in [-0.25, -0.2) is 0 Å². The van der Waals surface area contributed by atoms with E-state index in [0.717, 1.165) is 43.6 Å². The highest BCUT2D eigenvalue weighted by Crippen LogP contribution is 2.36. The molecule has 142 valence electrons. The van der Waals surface area contributed by atoms with E-state index in [4.69, 9.17) is 0 Å². The van der Waals surface area contributed by atoms with Crippen molar-refractivity contribution in [2.75, 3.05) is 0 Å². The van der Waals surface area contributed by atoms with Gasteiger partial charge in [0.1, 0.15) is 0 Å². The molecule has 1 heterocycles. The summed E-state index contributed by atoms with van der Waals surface area (Å²) in [7, 11) is 0. The molecule has 2 rings (SSSR count). The molecule has 1 N–H and O–H groups in total. The van der Waals surface area contributed by atoms with Gasteiger partial charge in [-0.05, 0) is 53.4 Å². The van der Waals surface area contributed by atoms with Gasteiger partial charge in [-0.3, -0.25) is 0 Å². The molecule has 0 aliphatic carbocycles. The van der Waals surface area contributed by atoms with E-state index in [2.05, 4.69) is 70.9 Å². The van der Waals surface area contributed by atoms with Crippen LogP contribution in [-0.4, -0.2) is 5.37 Å². The van der Waals surface area contributed by atoms with Gasteiger partial charge in [0.15, 0.2) is 0 Å². The lowest BCUT2D eigenvalue weighted by molar-refractivity contribution is 0.480. The van der Waals surface area contributed by atoms with Crippen molar-refractivity contribution < 1.29 is 0 Å². The molecule has 1 aromatic carbocycles. The predicted molar refractivity (Wildman–Crippen MR) is 119 cm³/mol. The second-order valence-electron chi connectivity index (χ2n) is 8.36. The molecule has 0 saturated carbocycles. The van der Waals surface area contributed by atoms with Crippen LogP contribution in [0.5, 0.6) is 0 Å². The Bertz CT molecular complexity index is 678. The largest absolute Gasteiger partial charge is 0.377 e. The fourth-order valence-electron chi connectivity index (χ4n) is 3.22. The third-order valence-corrected chi connectivity index (χ3v) is 6.44. The zero-order valence-electron chi connectivity index (χ0n) is 17.1. The molecule has 1 aliphatic heterocycles. The Morgan fingerprint density at radius 1 is 1.19 bits per heavy atom. The minimum Gasteiger partial charge on any atom is -0.377 e. The molecule has 0 amide bonds. The Morgan fingerprint density at radius 3 is 2.58 bits per heavy atom. The molecule has 1 aliphatic rings. The van der Waals surface area contributed by atoms with Crippen molar-refractivity contribution in [1.29, 1.82) is 0 Å². The lowest BCUT2D eigenvalue weighted by Crippen LogP contribution is -2.30. The van der Waals surface area contributed by atoms with Gasteiger partial charge in [-0.1, -0.05) is 71.2 Å². The molecule has 0 spiro atoms. The smallest absolute Gasteiger partial charge is 0.0763 e. The van der Waals surface area contributed by atoms with E-state index in [1.54, 1.807) is 0 Å². The fourth-order valence-corrected chi connectivity index (χ4v) is 4.47. The first-order valence-corrected chi connectivity index (χ1v) is 10.8. The van der Waals surface area contributed by atoms with Crippen LogP contribution in [0.15, 0.2) is 49.2 Å². The summed E-state index contributed by atoms with van der Waals surface area (Å²) in [6.45, 7) is 21.6. The molecule has 1 nitrogen and oxygen atoms in total. The number of benzene rings is 1. The summed E-state index contributed by atoms with van der Waals surface area (Å²) in [6.07, 6.45) is 5.30. The van der Waals surface area contributed by atoms with Crippen molar-refractivity contribution in [3.63, 3.8) is 0 Å². The summed E-state index contributed by atoms with van der Waals surface area (Å²) < 4.78 is 0. The maximum Gasteiger partial charge on any atom is 0.0763 e. The van der Waals surface area contributed by atoms with Crippen molar-refractivity contribution in [2.24, 2.45) is 5.41 Å². The van der Waals surface area contributed by atoms with Crippen LogP contribution in [0, 0.1) is 5.41 Å². The van der Waals surface area contributed by atoms with Gasteiger partial charge in [0.05, 0.1) is 5.37 Å². The van der Waals surface area contributed by atoms with Gasteiger partial charge in [0, 0.05) is 17.9 Å². The maximum absolute atomic E-state index is 4.40. The Hall–Kier alpha value is -1.41. The van der Waals surface area contributed by atoms with Crippen LogP contribution in [0.2, 0.25) is 0 Å². The van der Waals surface area contributed by atoms with E-state index < -0.39 is 0 Å². The highest BCUT2D eigenvalue weighted by Gasteiger charge is 2.22. The average Bonchev–Trinajstić information content (AvgIpc) is 2.59. The van der Waals surface area contributed by atoms with Gasteiger partial charge in [0.25, 0.3) is 0 Å². The Balaban J connectivity index is 1.99. The van der Waals surface area contributed by atoms with Gasteiger partial charge in [-0.2, -0.15) is 0 Å². The molecule has 1 unspecified atom stereocenters. The molecule has 0 fully saturated rings. The van der Waals surface area contributed by atoms with Gasteiger partial charge < -0.3 is 5.32 Å². The predicted octanol–water partition coefficient (Wildman–Crippen LogP) is 7.10. The molecule has 0 radical (unpaired) electrons. The van der Waals surface area contributed by atoms with Gasteiger partial charge in [0.2, 0.25) is 0 Å². The molecule has 0 saturated heterocycles. The van der Waals surface area contributed by atoms with Crippen molar-refractivity contribution in [3.05, 3.63) is 65.9 Å². The molecular weight excluding hydrogens is 334 g/mol. The SMILES string of the molecule is C=C(CC)NC1Cc2cccc(C(=C)CCCC(=C)C(C)(C)C)c2CS1. The summed E-state index contributed by atoms with van der Waals surface area (Å²) in [6, 6.07) is 6.71. The summed E-state index contributed by atoms with van der Waals surface area (Å²) >= 11 is 1.99. The maximum atomic E-state index is 4.40. The van der Waals surface area contributed by atoms with E-state index in [1.165, 1.54) is 27.8 Å². The van der Waals surface area contributed by atoms with E-state index in [1.807, 2.05) is 11.8 Å². The summed E-state index contributed by atoms with van der Waals surface area (Å²) in [5.74, 6) is 1.05. The first-order chi connectivity index (χ1) is 12.2. The highest BCUT2D eigenvalue weighted by molar-refractivity contribution is 7.99. The summed E-state index contributed by atoms with van der Waals surface area (Å²) in [5.41, 5.74) is 8.25. The minimum absolute atomic E-state index is 0.203. The van der Waals surface area contributed by atoms with Gasteiger partial charge in [-0.15, -0.1) is 11.8 Å². The second kappa shape index (κ2) is 8.99. The third-order valence-electron chi connectivity index (χ3n) is 5.30. The average molecular weight is 370 g/mol. The van der Waals surface area contributed by atoms with Crippen LogP contribution >= 0.6 is 11.8 Å². The Labute approximate surface area is 165 Å². The molecule has 2 heteroatoms. The first kappa shape index (κ1) is 20.9. The molecule has 0 bridgehead atoms. The number of nitrogens with one attached hydrogen (secondary N) is 1. The summed E-state index contributed by atoms with van der Waals surface area (Å²) in [5, 5.41) is 3.99. The molecule has 1 aromatic rings. The number of hydrogen-bond donors (Lipinski definition) is 1. The lowest BCUT2D eigenvalue weighted by Gasteiger charge is -2.28. The van der Waals surface area contributed by atoms with Crippen LogP contribution in [0.25, 0.3) is 5.57 Å². The van der Waals surface area contributed by atoms with Gasteiger partial charge >= 0.3 is 0 Å². The zero-order valence-corrected chi connectivity index (χ0v) is 17.9. The monoisotopic (exact) mass is 369 g/mol. The number of allylic oxidation sites excluding steroid dienone is 3. The minimum atomic E-state index is 0.203. The number of hydrogen-bond acceptors (Lipinski definition) is 2. The number of thioether (sulfide) groups is 1. The van der Waals surface area contributed by atoms with Crippen LogP contribution < -0.4 is 5.32 Å². The normalized spacial score (nSPS) is 16.7. The number of fused-ring (bicyclic) bond motifs is 1. The zero-order chi connectivity index (χ0) is 19.3. The van der Waals surface area contributed by atoms with Crippen LogP contribution in [0.1, 0.15) is 70.1 Å². The Kier molecular flexibility index (Phi) is 7.23. The van der Waals surface area contributed by atoms with E-state index in [9.17, 15) is 0 Å². The molecular formula is C24H35NS. The fraction of sp³-hybridized carbons (Fsp3) is 0.500. The topological polar surface area (TPSA) is 12.0 Å². The van der Waals surface area contributed by atoms with Crippen molar-refractivity contribution >= 4 is 17.3 Å². The molecule has 26 heavy (non-hydrogen) atoms. The summed E-state index contributed by atoms with van der Waals surface area (Å²) in [4.78, 5) is 0. The van der Waals surface area contributed by atoms with Crippen LogP contribution in [0.4, 0.5) is 0 Å². The molecule has 0 aromatic heterocycles. The first-order valence-electron chi connectivity index (χ1n) is 9.75. The highest BCUT2D eigenvalue weighted by atomic mass is 32.2. The third kappa shape index (κ3) is 5.54. The standard InChI is InChI=1S/C24H35NS/c1-8-19(4)25-23-15-20-13-10-14-21(22(20)16-26-23)17(2)11-9-12-18(3)24(5,6)7/h10,13-14,23,25H,2-4,8-9,11-12,15-16H2,1,5-7H3. The second-order valence-corrected chi connectivity index (χ2v) is 9.55. The van der Waals surface area contributed by atoms with E-state index >= 15 is 0 Å². The van der Waals surface area contributed by atoms with Crippen LogP contribution in [0.3, 0.4) is 0 Å². The van der Waals surface area contributed by atoms with E-state index in [0.29, 0.717) is 5.37 Å². The van der Waals surface area contributed by atoms with Crippen molar-refractivity contribution in [2.45, 2.75) is 70.9 Å². The van der Waals surface area contributed by atoms with Crippen molar-refractivity contribution in [3.8, 4) is 0 Å². The molecule has 1 atom stereocenters. The Morgan fingerprint density at radius 2 is 1.92 bits per heavy atom. The quantitative estimate of drug-likeness (QED) is 0.490.